The summed E-state index contributed by atoms with van der Waals surface area (Å²) < 4.78 is 5.29. The SMILES string of the molecule is CC(=O)OC1CCC2CCCC21. The number of esters is 1. The first-order chi connectivity index (χ1) is 5.77. The van der Waals surface area contributed by atoms with Crippen molar-refractivity contribution in [3.63, 3.8) is 0 Å². The summed E-state index contributed by atoms with van der Waals surface area (Å²) in [7, 11) is 0. The van der Waals surface area contributed by atoms with Crippen LogP contribution in [0.25, 0.3) is 0 Å². The monoisotopic (exact) mass is 168 g/mol. The van der Waals surface area contributed by atoms with E-state index in [-0.39, 0.29) is 12.1 Å². The molecular formula is C10H16O2. The van der Waals surface area contributed by atoms with Crippen molar-refractivity contribution in [3.05, 3.63) is 0 Å². The third-order valence-electron chi connectivity index (χ3n) is 3.33. The van der Waals surface area contributed by atoms with Gasteiger partial charge in [0.05, 0.1) is 0 Å². The van der Waals surface area contributed by atoms with Gasteiger partial charge in [-0.2, -0.15) is 0 Å². The lowest BCUT2D eigenvalue weighted by molar-refractivity contribution is -0.148. The number of carbonyl (C=O) groups is 1. The maximum atomic E-state index is 10.8. The van der Waals surface area contributed by atoms with Crippen LogP contribution in [-0.4, -0.2) is 12.1 Å². The van der Waals surface area contributed by atoms with Gasteiger partial charge in [0.15, 0.2) is 0 Å². The maximum Gasteiger partial charge on any atom is 0.302 e. The molecule has 0 spiro atoms. The minimum absolute atomic E-state index is 0.104. The second kappa shape index (κ2) is 3.08. The van der Waals surface area contributed by atoms with Gasteiger partial charge in [-0.15, -0.1) is 0 Å². The molecule has 0 aliphatic heterocycles. The fraction of sp³-hybridized carbons (Fsp3) is 0.900. The molecule has 0 heterocycles. The Kier molecular flexibility index (Phi) is 2.07. The van der Waals surface area contributed by atoms with E-state index in [0.29, 0.717) is 5.92 Å². The van der Waals surface area contributed by atoms with E-state index in [2.05, 4.69) is 0 Å². The summed E-state index contributed by atoms with van der Waals surface area (Å²) in [5, 5.41) is 0. The van der Waals surface area contributed by atoms with Gasteiger partial charge in [-0.1, -0.05) is 12.8 Å². The minimum atomic E-state index is -0.104. The molecule has 68 valence electrons. The summed E-state index contributed by atoms with van der Waals surface area (Å²) in [4.78, 5) is 10.8. The topological polar surface area (TPSA) is 26.3 Å². The van der Waals surface area contributed by atoms with Crippen molar-refractivity contribution in [1.29, 1.82) is 0 Å². The summed E-state index contributed by atoms with van der Waals surface area (Å²) >= 11 is 0. The average Bonchev–Trinajstić information content (AvgIpc) is 2.52. The second-order valence-corrected chi connectivity index (χ2v) is 4.08. The van der Waals surface area contributed by atoms with Crippen LogP contribution in [0.3, 0.4) is 0 Å². The van der Waals surface area contributed by atoms with Crippen molar-refractivity contribution in [2.75, 3.05) is 0 Å². The van der Waals surface area contributed by atoms with Crippen molar-refractivity contribution >= 4 is 5.97 Å². The van der Waals surface area contributed by atoms with Gasteiger partial charge in [-0.25, -0.2) is 0 Å². The Morgan fingerprint density at radius 3 is 2.83 bits per heavy atom. The zero-order valence-electron chi connectivity index (χ0n) is 7.58. The van der Waals surface area contributed by atoms with Crippen molar-refractivity contribution < 1.29 is 9.53 Å². The molecule has 0 aromatic carbocycles. The van der Waals surface area contributed by atoms with E-state index in [1.54, 1.807) is 0 Å². The molecule has 2 aliphatic carbocycles. The molecule has 3 atom stereocenters. The molecular weight excluding hydrogens is 152 g/mol. The molecule has 2 heteroatoms. The van der Waals surface area contributed by atoms with Gasteiger partial charge in [0, 0.05) is 6.92 Å². The lowest BCUT2D eigenvalue weighted by atomic mass is 9.99. The van der Waals surface area contributed by atoms with Crippen LogP contribution in [0.5, 0.6) is 0 Å². The van der Waals surface area contributed by atoms with Crippen LogP contribution in [0.2, 0.25) is 0 Å². The summed E-state index contributed by atoms with van der Waals surface area (Å²) in [6.07, 6.45) is 6.63. The van der Waals surface area contributed by atoms with E-state index in [1.807, 2.05) is 0 Å². The number of fused-ring (bicyclic) bond motifs is 1. The van der Waals surface area contributed by atoms with Crippen LogP contribution in [0.4, 0.5) is 0 Å². The number of hydrogen-bond acceptors (Lipinski definition) is 2. The molecule has 2 fully saturated rings. The van der Waals surface area contributed by atoms with Gasteiger partial charge in [0.1, 0.15) is 6.10 Å². The lowest BCUT2D eigenvalue weighted by Gasteiger charge is -2.17. The summed E-state index contributed by atoms with van der Waals surface area (Å²) in [5.74, 6) is 1.47. The quantitative estimate of drug-likeness (QED) is 0.561. The Morgan fingerprint density at radius 1 is 1.25 bits per heavy atom. The Bertz CT molecular complexity index is 188. The second-order valence-electron chi connectivity index (χ2n) is 4.08. The van der Waals surface area contributed by atoms with Gasteiger partial charge in [-0.05, 0) is 31.1 Å². The first-order valence-corrected chi connectivity index (χ1v) is 4.94. The highest BCUT2D eigenvalue weighted by atomic mass is 16.5. The van der Waals surface area contributed by atoms with Crippen molar-refractivity contribution in [2.24, 2.45) is 11.8 Å². The highest BCUT2D eigenvalue weighted by molar-refractivity contribution is 5.66. The number of hydrogen-bond donors (Lipinski definition) is 0. The van der Waals surface area contributed by atoms with Gasteiger partial charge in [0.25, 0.3) is 0 Å². The van der Waals surface area contributed by atoms with Gasteiger partial charge in [-0.3, -0.25) is 4.79 Å². The molecule has 2 rings (SSSR count). The van der Waals surface area contributed by atoms with Crippen LogP contribution in [0.15, 0.2) is 0 Å². The average molecular weight is 168 g/mol. The first kappa shape index (κ1) is 8.09. The predicted octanol–water partition coefficient (Wildman–Crippen LogP) is 2.13. The van der Waals surface area contributed by atoms with E-state index < -0.39 is 0 Å². The van der Waals surface area contributed by atoms with Crippen LogP contribution in [0.1, 0.15) is 39.0 Å². The highest BCUT2D eigenvalue weighted by Crippen LogP contribution is 2.45. The fourth-order valence-corrected chi connectivity index (χ4v) is 2.87. The minimum Gasteiger partial charge on any atom is -0.462 e. The van der Waals surface area contributed by atoms with E-state index in [9.17, 15) is 4.79 Å². The number of carbonyl (C=O) groups excluding carboxylic acids is 1. The third kappa shape index (κ3) is 1.35. The molecule has 2 aliphatic rings. The zero-order valence-corrected chi connectivity index (χ0v) is 7.58. The van der Waals surface area contributed by atoms with Crippen LogP contribution >= 0.6 is 0 Å². The van der Waals surface area contributed by atoms with E-state index in [0.717, 1.165) is 12.3 Å². The van der Waals surface area contributed by atoms with E-state index >= 15 is 0 Å². The molecule has 2 nitrogen and oxygen atoms in total. The molecule has 12 heavy (non-hydrogen) atoms. The van der Waals surface area contributed by atoms with Gasteiger partial charge >= 0.3 is 5.97 Å². The van der Waals surface area contributed by atoms with E-state index in [4.69, 9.17) is 4.74 Å². The molecule has 0 bridgehead atoms. The zero-order chi connectivity index (χ0) is 8.55. The van der Waals surface area contributed by atoms with Crippen LogP contribution in [-0.2, 0) is 9.53 Å². The first-order valence-electron chi connectivity index (χ1n) is 4.94. The highest BCUT2D eigenvalue weighted by Gasteiger charge is 2.40. The molecule has 0 amide bonds. The summed E-state index contributed by atoms with van der Waals surface area (Å²) in [6.45, 7) is 1.52. The number of ether oxygens (including phenoxy) is 1. The Labute approximate surface area is 73.3 Å². The molecule has 0 aromatic rings. The largest absolute Gasteiger partial charge is 0.462 e. The fourth-order valence-electron chi connectivity index (χ4n) is 2.87. The third-order valence-corrected chi connectivity index (χ3v) is 3.33. The van der Waals surface area contributed by atoms with Crippen molar-refractivity contribution in [2.45, 2.75) is 45.1 Å². The van der Waals surface area contributed by atoms with E-state index in [1.165, 1.54) is 32.6 Å². The maximum absolute atomic E-state index is 10.8. The molecule has 0 aromatic heterocycles. The molecule has 0 N–H and O–H groups in total. The predicted molar refractivity (Wildman–Crippen MR) is 45.6 cm³/mol. The van der Waals surface area contributed by atoms with Crippen LogP contribution < -0.4 is 0 Å². The summed E-state index contributed by atoms with van der Waals surface area (Å²) in [6, 6.07) is 0. The molecule has 3 unspecified atom stereocenters. The Hall–Kier alpha value is -0.530. The Balaban J connectivity index is 1.95. The summed E-state index contributed by atoms with van der Waals surface area (Å²) in [5.41, 5.74) is 0. The standard InChI is InChI=1S/C10H16O2/c1-7(11)12-10-6-5-8-3-2-4-9(8)10/h8-10H,2-6H2,1H3. The molecule has 0 radical (unpaired) electrons. The Morgan fingerprint density at radius 2 is 2.08 bits per heavy atom. The van der Waals surface area contributed by atoms with Gasteiger partial charge < -0.3 is 4.74 Å². The van der Waals surface area contributed by atoms with Crippen LogP contribution in [0, 0.1) is 11.8 Å². The lowest BCUT2D eigenvalue weighted by Crippen LogP contribution is -2.21. The van der Waals surface area contributed by atoms with Crippen molar-refractivity contribution in [1.82, 2.24) is 0 Å². The van der Waals surface area contributed by atoms with Crippen molar-refractivity contribution in [3.8, 4) is 0 Å². The normalized spacial score (nSPS) is 39.6. The van der Waals surface area contributed by atoms with Gasteiger partial charge in [0.2, 0.25) is 0 Å². The molecule has 0 saturated heterocycles. The molecule has 2 saturated carbocycles. The smallest absolute Gasteiger partial charge is 0.302 e. The number of rotatable bonds is 1.